The maximum atomic E-state index is 12.9. The van der Waals surface area contributed by atoms with Crippen LogP contribution < -0.4 is 10.9 Å². The third kappa shape index (κ3) is 5.42. The molecule has 4 nitrogen and oxygen atoms in total. The molecule has 0 fully saturated rings. The summed E-state index contributed by atoms with van der Waals surface area (Å²) in [4.78, 5) is 26.9. The van der Waals surface area contributed by atoms with Gasteiger partial charge in [0.2, 0.25) is 0 Å². The highest BCUT2D eigenvalue weighted by Gasteiger charge is 2.14. The van der Waals surface area contributed by atoms with Crippen molar-refractivity contribution in [2.45, 2.75) is 50.8 Å². The van der Waals surface area contributed by atoms with E-state index in [1.165, 1.54) is 4.90 Å². The average molecular weight is 421 g/mol. The number of hydrogen-bond acceptors (Lipinski definition) is 3. The van der Waals surface area contributed by atoms with Crippen molar-refractivity contribution in [3.63, 3.8) is 0 Å². The second-order valence-corrected chi connectivity index (χ2v) is 9.12. The fourth-order valence-corrected chi connectivity index (χ4v) is 4.22. The molecule has 0 saturated carbocycles. The normalized spacial score (nSPS) is 11.9. The summed E-state index contributed by atoms with van der Waals surface area (Å²) >= 11 is 1.82. The first-order chi connectivity index (χ1) is 14.4. The molecule has 5 heteroatoms. The molecule has 1 amide bonds. The van der Waals surface area contributed by atoms with Crippen LogP contribution in [0.2, 0.25) is 0 Å². The van der Waals surface area contributed by atoms with Gasteiger partial charge in [0.1, 0.15) is 5.56 Å². The molecular weight excluding hydrogens is 392 g/mol. The fraction of sp³-hybridized carbons (Fsp3) is 0.280. The van der Waals surface area contributed by atoms with Crippen molar-refractivity contribution in [3.05, 3.63) is 93.4 Å². The Labute approximate surface area is 182 Å². The number of rotatable bonds is 7. The second kappa shape index (κ2) is 9.81. The predicted molar refractivity (Wildman–Crippen MR) is 126 cm³/mol. The molecule has 30 heavy (non-hydrogen) atoms. The molecule has 0 bridgehead atoms. The highest BCUT2D eigenvalue weighted by Crippen LogP contribution is 2.28. The highest BCUT2D eigenvalue weighted by molar-refractivity contribution is 7.99. The topological polar surface area (TPSA) is 51.1 Å². The first-order valence-electron chi connectivity index (χ1n) is 10.2. The van der Waals surface area contributed by atoms with E-state index in [0.717, 1.165) is 28.8 Å². The molecule has 1 heterocycles. The van der Waals surface area contributed by atoms with Crippen LogP contribution in [-0.2, 0) is 6.54 Å². The number of benzene rings is 2. The van der Waals surface area contributed by atoms with Gasteiger partial charge in [-0.2, -0.15) is 0 Å². The molecule has 0 aliphatic carbocycles. The third-order valence-corrected chi connectivity index (χ3v) is 6.32. The van der Waals surface area contributed by atoms with Gasteiger partial charge in [-0.15, -0.1) is 11.8 Å². The molecule has 0 aliphatic rings. The molecule has 0 aliphatic heterocycles. The Morgan fingerprint density at radius 3 is 2.60 bits per heavy atom. The Hall–Kier alpha value is -2.79. The number of nitrogens with one attached hydrogen (secondary N) is 1. The van der Waals surface area contributed by atoms with Gasteiger partial charge in [-0.25, -0.2) is 0 Å². The number of anilines is 1. The molecule has 0 spiro atoms. The number of thioether (sulfide) groups is 1. The Balaban J connectivity index is 1.78. The van der Waals surface area contributed by atoms with Crippen LogP contribution >= 0.6 is 11.8 Å². The summed E-state index contributed by atoms with van der Waals surface area (Å²) in [6.07, 6.45) is 2.82. The van der Waals surface area contributed by atoms with Gasteiger partial charge in [0.05, 0.1) is 6.54 Å². The molecule has 3 aromatic rings. The number of pyridine rings is 1. The number of hydrogen-bond donors (Lipinski definition) is 1. The highest BCUT2D eigenvalue weighted by atomic mass is 32.2. The van der Waals surface area contributed by atoms with Crippen LogP contribution in [0.3, 0.4) is 0 Å². The van der Waals surface area contributed by atoms with Crippen LogP contribution in [0, 0.1) is 13.8 Å². The molecule has 1 aromatic heterocycles. The van der Waals surface area contributed by atoms with E-state index in [0.29, 0.717) is 11.8 Å². The van der Waals surface area contributed by atoms with Crippen LogP contribution in [-0.4, -0.2) is 15.7 Å². The zero-order valence-corrected chi connectivity index (χ0v) is 18.8. The number of amides is 1. The SMILES string of the molecule is CCC(C)Sc1ccc(NC(=O)c2cccn(Cc3cccc(C)c3)c2=O)c(C)c1. The van der Waals surface area contributed by atoms with E-state index in [-0.39, 0.29) is 17.0 Å². The number of carbonyl (C=O) groups excluding carboxylic acids is 1. The number of aryl methyl sites for hydroxylation is 2. The molecule has 3 rings (SSSR count). The smallest absolute Gasteiger partial charge is 0.263 e. The fourth-order valence-electron chi connectivity index (χ4n) is 3.20. The summed E-state index contributed by atoms with van der Waals surface area (Å²) in [6, 6.07) is 17.3. The predicted octanol–water partition coefficient (Wildman–Crippen LogP) is 5.66. The number of aromatic nitrogens is 1. The van der Waals surface area contributed by atoms with Crippen molar-refractivity contribution in [1.82, 2.24) is 4.57 Å². The quantitative estimate of drug-likeness (QED) is 0.502. The summed E-state index contributed by atoms with van der Waals surface area (Å²) < 4.78 is 1.57. The van der Waals surface area contributed by atoms with E-state index >= 15 is 0 Å². The molecule has 1 N–H and O–H groups in total. The Morgan fingerprint density at radius 1 is 1.10 bits per heavy atom. The zero-order valence-electron chi connectivity index (χ0n) is 17.9. The van der Waals surface area contributed by atoms with Crippen molar-refractivity contribution in [2.24, 2.45) is 0 Å². The van der Waals surface area contributed by atoms with E-state index in [9.17, 15) is 9.59 Å². The van der Waals surface area contributed by atoms with Crippen molar-refractivity contribution in [2.75, 3.05) is 5.32 Å². The minimum absolute atomic E-state index is 0.141. The minimum Gasteiger partial charge on any atom is -0.322 e. The lowest BCUT2D eigenvalue weighted by atomic mass is 10.1. The largest absolute Gasteiger partial charge is 0.322 e. The number of nitrogens with zero attached hydrogens (tertiary/aromatic N) is 1. The van der Waals surface area contributed by atoms with Gasteiger partial charge in [-0.1, -0.05) is 43.7 Å². The van der Waals surface area contributed by atoms with Gasteiger partial charge in [0.25, 0.3) is 11.5 Å². The van der Waals surface area contributed by atoms with Crippen LogP contribution in [0.25, 0.3) is 0 Å². The lowest BCUT2D eigenvalue weighted by Crippen LogP contribution is -2.29. The van der Waals surface area contributed by atoms with Crippen molar-refractivity contribution >= 4 is 23.4 Å². The Morgan fingerprint density at radius 2 is 1.90 bits per heavy atom. The maximum absolute atomic E-state index is 12.9. The molecule has 156 valence electrons. The van der Waals surface area contributed by atoms with Crippen LogP contribution in [0.15, 0.2) is 70.5 Å². The first kappa shape index (κ1) is 21.9. The molecule has 1 atom stereocenters. The van der Waals surface area contributed by atoms with Gasteiger partial charge in [0.15, 0.2) is 0 Å². The molecular formula is C25H28N2O2S. The molecule has 0 radical (unpaired) electrons. The van der Waals surface area contributed by atoms with Gasteiger partial charge in [-0.3, -0.25) is 9.59 Å². The molecule has 2 aromatic carbocycles. The average Bonchev–Trinajstić information content (AvgIpc) is 2.71. The standard InChI is InChI=1S/C25H28N2O2S/c1-5-19(4)30-21-11-12-23(18(3)15-21)26-24(28)22-10-7-13-27(25(22)29)16-20-9-6-8-17(2)14-20/h6-15,19H,5,16H2,1-4H3,(H,26,28). The summed E-state index contributed by atoms with van der Waals surface area (Å²) in [7, 11) is 0. The lowest BCUT2D eigenvalue weighted by molar-refractivity contribution is 0.102. The van der Waals surface area contributed by atoms with Crippen LogP contribution in [0.4, 0.5) is 5.69 Å². The summed E-state index contributed by atoms with van der Waals surface area (Å²) in [6.45, 7) is 8.79. The third-order valence-electron chi connectivity index (χ3n) is 5.06. The molecule has 1 unspecified atom stereocenters. The van der Waals surface area contributed by atoms with Crippen LogP contribution in [0.5, 0.6) is 0 Å². The molecule has 0 saturated heterocycles. The van der Waals surface area contributed by atoms with E-state index in [2.05, 4.69) is 25.2 Å². The summed E-state index contributed by atoms with van der Waals surface area (Å²) in [5, 5.41) is 3.44. The monoisotopic (exact) mass is 420 g/mol. The number of carbonyl (C=O) groups is 1. The lowest BCUT2D eigenvalue weighted by Gasteiger charge is -2.13. The minimum atomic E-state index is -0.385. The summed E-state index contributed by atoms with van der Waals surface area (Å²) in [5.41, 5.74) is 3.72. The van der Waals surface area contributed by atoms with Gasteiger partial charge in [-0.05, 0) is 61.7 Å². The van der Waals surface area contributed by atoms with Crippen LogP contribution in [0.1, 0.15) is 47.3 Å². The van der Waals surface area contributed by atoms with Gasteiger partial charge >= 0.3 is 0 Å². The van der Waals surface area contributed by atoms with E-state index in [4.69, 9.17) is 0 Å². The Kier molecular flexibility index (Phi) is 7.16. The van der Waals surface area contributed by atoms with E-state index in [1.54, 1.807) is 22.9 Å². The summed E-state index contributed by atoms with van der Waals surface area (Å²) in [5.74, 6) is -0.385. The Bertz CT molecular complexity index is 1100. The van der Waals surface area contributed by atoms with Crippen molar-refractivity contribution in [1.29, 1.82) is 0 Å². The van der Waals surface area contributed by atoms with Crippen molar-refractivity contribution < 1.29 is 4.79 Å². The van der Waals surface area contributed by atoms with E-state index < -0.39 is 0 Å². The van der Waals surface area contributed by atoms with Gasteiger partial charge in [0, 0.05) is 22.0 Å². The first-order valence-corrected chi connectivity index (χ1v) is 11.1. The zero-order chi connectivity index (χ0) is 21.7. The van der Waals surface area contributed by atoms with E-state index in [1.807, 2.05) is 62.0 Å². The second-order valence-electron chi connectivity index (χ2n) is 7.61. The maximum Gasteiger partial charge on any atom is 0.263 e. The van der Waals surface area contributed by atoms with Crippen molar-refractivity contribution in [3.8, 4) is 0 Å². The van der Waals surface area contributed by atoms with Gasteiger partial charge < -0.3 is 9.88 Å².